The number of aromatic nitrogens is 1. The molecule has 22 heavy (non-hydrogen) atoms. The van der Waals surface area contributed by atoms with Crippen LogP contribution in [0.15, 0.2) is 36.5 Å². The number of nitrogens with one attached hydrogen (secondary N) is 2. The zero-order valence-electron chi connectivity index (χ0n) is 12.1. The second-order valence-electron chi connectivity index (χ2n) is 4.57. The van der Waals surface area contributed by atoms with E-state index in [-0.39, 0.29) is 5.91 Å². The molecule has 1 atom stereocenters. The topological polar surface area (TPSA) is 63.2 Å². The van der Waals surface area contributed by atoms with Crippen molar-refractivity contribution in [3.63, 3.8) is 0 Å². The molecule has 1 aromatic heterocycles. The Bertz CT molecular complexity index is 662. The van der Waals surface area contributed by atoms with Gasteiger partial charge in [-0.15, -0.1) is 0 Å². The molecule has 0 saturated carbocycles. The molecule has 0 fully saturated rings. The van der Waals surface area contributed by atoms with Gasteiger partial charge in [-0.25, -0.2) is 4.98 Å². The highest BCUT2D eigenvalue weighted by molar-refractivity contribution is 6.35. The fourth-order valence-corrected chi connectivity index (χ4v) is 2.07. The molecule has 0 spiro atoms. The summed E-state index contributed by atoms with van der Waals surface area (Å²) in [5.74, 6) is 0.272. The molecule has 5 nitrogen and oxygen atoms in total. The van der Waals surface area contributed by atoms with Crippen LogP contribution in [0.5, 0.6) is 5.88 Å². The average Bonchev–Trinajstić information content (AvgIpc) is 2.51. The maximum Gasteiger partial charge on any atom is 0.246 e. The highest BCUT2D eigenvalue weighted by atomic mass is 35.5. The zero-order valence-corrected chi connectivity index (χ0v) is 13.6. The van der Waals surface area contributed by atoms with Crippen LogP contribution in [0.25, 0.3) is 0 Å². The first kappa shape index (κ1) is 16.4. The van der Waals surface area contributed by atoms with E-state index >= 15 is 0 Å². The Labute approximate surface area is 138 Å². The van der Waals surface area contributed by atoms with Crippen LogP contribution in [-0.4, -0.2) is 24.0 Å². The van der Waals surface area contributed by atoms with Crippen molar-refractivity contribution >= 4 is 40.5 Å². The molecule has 0 aliphatic heterocycles. The smallest absolute Gasteiger partial charge is 0.246 e. The molecule has 2 rings (SSSR count). The van der Waals surface area contributed by atoms with Gasteiger partial charge in [-0.1, -0.05) is 23.2 Å². The van der Waals surface area contributed by atoms with E-state index in [9.17, 15) is 4.79 Å². The van der Waals surface area contributed by atoms with E-state index in [0.717, 1.165) is 0 Å². The first-order chi connectivity index (χ1) is 10.5. The number of amides is 1. The summed E-state index contributed by atoms with van der Waals surface area (Å²) in [4.78, 5) is 16.2. The highest BCUT2D eigenvalue weighted by Crippen LogP contribution is 2.25. The van der Waals surface area contributed by atoms with Crippen molar-refractivity contribution in [2.75, 3.05) is 17.7 Å². The third-order valence-electron chi connectivity index (χ3n) is 2.91. The quantitative estimate of drug-likeness (QED) is 0.868. The number of hydrogen-bond acceptors (Lipinski definition) is 4. The molecule has 2 aromatic rings. The SMILES string of the molecule is COc1ccc(NC(C)C(=O)Nc2cc(Cl)ccc2Cl)cn1. The van der Waals surface area contributed by atoms with Gasteiger partial charge in [0.05, 0.1) is 29.7 Å². The van der Waals surface area contributed by atoms with Crippen molar-refractivity contribution < 1.29 is 9.53 Å². The van der Waals surface area contributed by atoms with E-state index < -0.39 is 6.04 Å². The summed E-state index contributed by atoms with van der Waals surface area (Å²) in [6, 6.07) is 7.90. The van der Waals surface area contributed by atoms with Gasteiger partial charge >= 0.3 is 0 Å². The summed E-state index contributed by atoms with van der Waals surface area (Å²) in [6.07, 6.45) is 1.59. The summed E-state index contributed by atoms with van der Waals surface area (Å²) in [7, 11) is 1.54. The lowest BCUT2D eigenvalue weighted by Gasteiger charge is -2.16. The predicted molar refractivity (Wildman–Crippen MR) is 89.0 cm³/mol. The molecule has 1 aromatic carbocycles. The number of nitrogens with zero attached hydrogens (tertiary/aromatic N) is 1. The standard InChI is InChI=1S/C15H15Cl2N3O2/c1-9(19-11-4-6-14(22-2)18-8-11)15(21)20-13-7-10(16)3-5-12(13)17/h3-9,19H,1-2H3,(H,20,21). The first-order valence-electron chi connectivity index (χ1n) is 6.52. The number of hydrogen-bond donors (Lipinski definition) is 2. The maximum atomic E-state index is 12.2. The number of carbonyl (C=O) groups excluding carboxylic acids is 1. The van der Waals surface area contributed by atoms with Crippen LogP contribution in [-0.2, 0) is 4.79 Å². The van der Waals surface area contributed by atoms with E-state index in [4.69, 9.17) is 27.9 Å². The normalized spacial score (nSPS) is 11.6. The monoisotopic (exact) mass is 339 g/mol. The first-order valence-corrected chi connectivity index (χ1v) is 7.27. The Morgan fingerprint density at radius 3 is 2.68 bits per heavy atom. The molecule has 7 heteroatoms. The Balaban J connectivity index is 2.00. The number of anilines is 2. The predicted octanol–water partition coefficient (Wildman–Crippen LogP) is 3.84. The van der Waals surface area contributed by atoms with Crippen LogP contribution in [0.1, 0.15) is 6.92 Å². The molecule has 116 valence electrons. The van der Waals surface area contributed by atoms with Gasteiger partial charge in [0.2, 0.25) is 11.8 Å². The van der Waals surface area contributed by atoms with Crippen LogP contribution in [0.3, 0.4) is 0 Å². The Morgan fingerprint density at radius 2 is 2.05 bits per heavy atom. The molecule has 0 aliphatic carbocycles. The fraction of sp³-hybridized carbons (Fsp3) is 0.200. The van der Waals surface area contributed by atoms with E-state index in [1.807, 2.05) is 0 Å². The molecule has 1 heterocycles. The average molecular weight is 340 g/mol. The number of carbonyl (C=O) groups is 1. The molecule has 1 unspecified atom stereocenters. The third-order valence-corrected chi connectivity index (χ3v) is 3.47. The van der Waals surface area contributed by atoms with Crippen molar-refractivity contribution in [1.29, 1.82) is 0 Å². The molecule has 2 N–H and O–H groups in total. The lowest BCUT2D eigenvalue weighted by molar-refractivity contribution is -0.116. The summed E-state index contributed by atoms with van der Waals surface area (Å²) >= 11 is 11.9. The maximum absolute atomic E-state index is 12.2. The summed E-state index contributed by atoms with van der Waals surface area (Å²) in [6.45, 7) is 1.73. The number of halogens is 2. The van der Waals surface area contributed by atoms with Crippen molar-refractivity contribution in [2.45, 2.75) is 13.0 Å². The molecule has 1 amide bonds. The minimum atomic E-state index is -0.481. The van der Waals surface area contributed by atoms with Gasteiger partial charge in [0.25, 0.3) is 0 Å². The minimum absolute atomic E-state index is 0.236. The highest BCUT2D eigenvalue weighted by Gasteiger charge is 2.14. The second kappa shape index (κ2) is 7.33. The molecule has 0 saturated heterocycles. The van der Waals surface area contributed by atoms with E-state index in [1.165, 1.54) is 0 Å². The Morgan fingerprint density at radius 1 is 1.27 bits per heavy atom. The number of benzene rings is 1. The lowest BCUT2D eigenvalue weighted by atomic mass is 10.2. The summed E-state index contributed by atoms with van der Waals surface area (Å²) < 4.78 is 4.98. The molecule has 0 radical (unpaired) electrons. The number of methoxy groups -OCH3 is 1. The third kappa shape index (κ3) is 4.26. The number of rotatable bonds is 5. The summed E-state index contributed by atoms with van der Waals surface area (Å²) in [5.41, 5.74) is 1.18. The number of pyridine rings is 1. The van der Waals surface area contributed by atoms with Gasteiger partial charge < -0.3 is 15.4 Å². The summed E-state index contributed by atoms with van der Waals surface area (Å²) in [5, 5.41) is 6.70. The zero-order chi connectivity index (χ0) is 16.1. The van der Waals surface area contributed by atoms with Crippen LogP contribution >= 0.6 is 23.2 Å². The molecule has 0 bridgehead atoms. The van der Waals surface area contributed by atoms with Crippen molar-refractivity contribution in [3.05, 3.63) is 46.6 Å². The van der Waals surface area contributed by atoms with Gasteiger partial charge in [-0.05, 0) is 31.2 Å². The van der Waals surface area contributed by atoms with E-state index in [1.54, 1.807) is 50.6 Å². The number of ether oxygens (including phenoxy) is 1. The van der Waals surface area contributed by atoms with Crippen LogP contribution in [0.4, 0.5) is 11.4 Å². The minimum Gasteiger partial charge on any atom is -0.481 e. The van der Waals surface area contributed by atoms with Gasteiger partial charge in [0.1, 0.15) is 6.04 Å². The van der Waals surface area contributed by atoms with Crippen LogP contribution < -0.4 is 15.4 Å². The van der Waals surface area contributed by atoms with Crippen molar-refractivity contribution in [3.8, 4) is 5.88 Å². The molecule has 0 aliphatic rings. The van der Waals surface area contributed by atoms with Crippen LogP contribution in [0.2, 0.25) is 10.0 Å². The van der Waals surface area contributed by atoms with Crippen LogP contribution in [0, 0.1) is 0 Å². The van der Waals surface area contributed by atoms with Crippen molar-refractivity contribution in [2.24, 2.45) is 0 Å². The van der Waals surface area contributed by atoms with E-state index in [2.05, 4.69) is 15.6 Å². The lowest BCUT2D eigenvalue weighted by Crippen LogP contribution is -2.32. The Hall–Kier alpha value is -1.98. The second-order valence-corrected chi connectivity index (χ2v) is 5.41. The van der Waals surface area contributed by atoms with Gasteiger partial charge in [0, 0.05) is 11.1 Å². The molecular weight excluding hydrogens is 325 g/mol. The van der Waals surface area contributed by atoms with E-state index in [0.29, 0.717) is 27.3 Å². The van der Waals surface area contributed by atoms with Gasteiger partial charge in [-0.2, -0.15) is 0 Å². The molecular formula is C15H15Cl2N3O2. The van der Waals surface area contributed by atoms with Gasteiger partial charge in [0.15, 0.2) is 0 Å². The Kier molecular flexibility index (Phi) is 5.46. The largest absolute Gasteiger partial charge is 0.481 e. The fourth-order valence-electron chi connectivity index (χ4n) is 1.74. The van der Waals surface area contributed by atoms with Crippen molar-refractivity contribution in [1.82, 2.24) is 4.98 Å². The van der Waals surface area contributed by atoms with Gasteiger partial charge in [-0.3, -0.25) is 4.79 Å².